The minimum absolute atomic E-state index is 0.279. The fraction of sp³-hybridized carbons (Fsp3) is 0.647. The van der Waals surface area contributed by atoms with E-state index in [1.165, 1.54) is 7.11 Å². The van der Waals surface area contributed by atoms with E-state index < -0.39 is 10.0 Å². The first-order valence-electron chi connectivity index (χ1n) is 7.96. The third kappa shape index (κ3) is 3.30. The van der Waals surface area contributed by atoms with E-state index in [1.54, 1.807) is 10.4 Å². The van der Waals surface area contributed by atoms with Crippen molar-refractivity contribution in [2.45, 2.75) is 51.3 Å². The highest BCUT2D eigenvalue weighted by atomic mass is 32.2. The Hall–Kier alpha value is -1.07. The van der Waals surface area contributed by atoms with Crippen LogP contribution < -0.4 is 4.74 Å². The van der Waals surface area contributed by atoms with E-state index in [0.29, 0.717) is 29.7 Å². The van der Waals surface area contributed by atoms with Crippen LogP contribution in [0.25, 0.3) is 0 Å². The molecular weight excluding hydrogens is 298 g/mol. The molecule has 0 unspecified atom stereocenters. The number of nitrogens with zero attached hydrogens (tertiary/aromatic N) is 1. The summed E-state index contributed by atoms with van der Waals surface area (Å²) in [6.07, 6.45) is 1.84. The van der Waals surface area contributed by atoms with Crippen molar-refractivity contribution in [2.24, 2.45) is 5.92 Å². The molecule has 0 spiro atoms. The second-order valence-electron chi connectivity index (χ2n) is 6.60. The van der Waals surface area contributed by atoms with Gasteiger partial charge in [0, 0.05) is 13.1 Å². The molecule has 124 valence electrons. The maximum atomic E-state index is 13.0. The Morgan fingerprint density at radius 2 is 1.82 bits per heavy atom. The van der Waals surface area contributed by atoms with Crippen LogP contribution in [0, 0.1) is 12.8 Å². The summed E-state index contributed by atoms with van der Waals surface area (Å²) in [5, 5.41) is 0. The fourth-order valence-corrected chi connectivity index (χ4v) is 4.67. The molecule has 0 aromatic heterocycles. The highest BCUT2D eigenvalue weighted by Gasteiger charge is 2.31. The van der Waals surface area contributed by atoms with Gasteiger partial charge in [-0.1, -0.05) is 20.8 Å². The Labute approximate surface area is 134 Å². The van der Waals surface area contributed by atoms with E-state index in [0.717, 1.165) is 24.0 Å². The molecule has 2 rings (SSSR count). The number of rotatable bonds is 4. The van der Waals surface area contributed by atoms with Crippen molar-refractivity contribution in [3.63, 3.8) is 0 Å². The smallest absolute Gasteiger partial charge is 0.246 e. The van der Waals surface area contributed by atoms with Gasteiger partial charge in [-0.3, -0.25) is 0 Å². The average molecular weight is 325 g/mol. The fourth-order valence-electron chi connectivity index (χ4n) is 3.02. The second-order valence-corrected chi connectivity index (χ2v) is 8.51. The van der Waals surface area contributed by atoms with Gasteiger partial charge in [0.05, 0.1) is 7.11 Å². The molecule has 22 heavy (non-hydrogen) atoms. The van der Waals surface area contributed by atoms with Gasteiger partial charge in [-0.15, -0.1) is 0 Å². The normalized spacial score (nSPS) is 17.9. The summed E-state index contributed by atoms with van der Waals surface area (Å²) < 4.78 is 33.0. The van der Waals surface area contributed by atoms with Crippen molar-refractivity contribution >= 4 is 10.0 Å². The van der Waals surface area contributed by atoms with E-state index >= 15 is 0 Å². The predicted molar refractivity (Wildman–Crippen MR) is 89.0 cm³/mol. The van der Waals surface area contributed by atoms with Crippen molar-refractivity contribution in [1.29, 1.82) is 0 Å². The maximum Gasteiger partial charge on any atom is 0.246 e. The lowest BCUT2D eigenvalue weighted by Crippen LogP contribution is -2.38. The Morgan fingerprint density at radius 1 is 1.23 bits per heavy atom. The zero-order valence-corrected chi connectivity index (χ0v) is 15.0. The minimum Gasteiger partial charge on any atom is -0.495 e. The molecule has 1 aromatic rings. The molecule has 0 amide bonds. The van der Waals surface area contributed by atoms with Gasteiger partial charge in [-0.2, -0.15) is 4.31 Å². The van der Waals surface area contributed by atoms with Gasteiger partial charge in [-0.25, -0.2) is 8.42 Å². The average Bonchev–Trinajstić information content (AvgIpc) is 2.46. The van der Waals surface area contributed by atoms with Crippen LogP contribution in [0.5, 0.6) is 5.75 Å². The first-order valence-corrected chi connectivity index (χ1v) is 9.40. The highest BCUT2D eigenvalue weighted by molar-refractivity contribution is 7.89. The molecule has 1 heterocycles. The molecule has 1 saturated heterocycles. The Kier molecular flexibility index (Phi) is 5.17. The lowest BCUT2D eigenvalue weighted by atomic mass is 9.98. The van der Waals surface area contributed by atoms with Crippen LogP contribution in [0.2, 0.25) is 0 Å². The van der Waals surface area contributed by atoms with Gasteiger partial charge in [0.15, 0.2) is 0 Å². The Balaban J connectivity index is 2.47. The molecule has 1 aromatic carbocycles. The topological polar surface area (TPSA) is 46.6 Å². The van der Waals surface area contributed by atoms with Gasteiger partial charge in [0.2, 0.25) is 10.0 Å². The standard InChI is InChI=1S/C17H27NO3S/c1-12(2)15-11-17(16(21-5)10-14(15)4)22(19,20)18-8-6-13(3)7-9-18/h10-13H,6-9H2,1-5H3. The summed E-state index contributed by atoms with van der Waals surface area (Å²) in [6, 6.07) is 3.64. The molecule has 5 heteroatoms. The number of sulfonamides is 1. The van der Waals surface area contributed by atoms with Crippen molar-refractivity contribution < 1.29 is 13.2 Å². The van der Waals surface area contributed by atoms with Crippen molar-refractivity contribution in [3.8, 4) is 5.75 Å². The molecule has 1 aliphatic heterocycles. The number of piperidine rings is 1. The van der Waals surface area contributed by atoms with E-state index in [1.807, 2.05) is 13.0 Å². The van der Waals surface area contributed by atoms with Crippen molar-refractivity contribution in [2.75, 3.05) is 20.2 Å². The lowest BCUT2D eigenvalue weighted by molar-refractivity contribution is 0.287. The van der Waals surface area contributed by atoms with Gasteiger partial charge in [0.1, 0.15) is 10.6 Å². The molecule has 1 aliphatic rings. The summed E-state index contributed by atoms with van der Waals surface area (Å²) in [6.45, 7) is 9.51. The summed E-state index contributed by atoms with van der Waals surface area (Å²) in [4.78, 5) is 0.304. The van der Waals surface area contributed by atoms with Crippen LogP contribution in [-0.2, 0) is 10.0 Å². The van der Waals surface area contributed by atoms with Crippen LogP contribution in [-0.4, -0.2) is 32.9 Å². The van der Waals surface area contributed by atoms with Crippen LogP contribution in [0.4, 0.5) is 0 Å². The van der Waals surface area contributed by atoms with Gasteiger partial charge in [0.25, 0.3) is 0 Å². The zero-order valence-electron chi connectivity index (χ0n) is 14.2. The van der Waals surface area contributed by atoms with E-state index in [-0.39, 0.29) is 5.92 Å². The molecular formula is C17H27NO3S. The molecule has 1 fully saturated rings. The van der Waals surface area contributed by atoms with Gasteiger partial charge >= 0.3 is 0 Å². The number of hydrogen-bond acceptors (Lipinski definition) is 3. The quantitative estimate of drug-likeness (QED) is 0.850. The van der Waals surface area contributed by atoms with E-state index in [4.69, 9.17) is 4.74 Å². The Bertz CT molecular complexity index is 630. The number of methoxy groups -OCH3 is 1. The summed E-state index contributed by atoms with van der Waals surface area (Å²) in [7, 11) is -1.96. The predicted octanol–water partition coefficient (Wildman–Crippen LogP) is 3.55. The summed E-state index contributed by atoms with van der Waals surface area (Å²) >= 11 is 0. The maximum absolute atomic E-state index is 13.0. The molecule has 0 saturated carbocycles. The zero-order chi connectivity index (χ0) is 16.5. The molecule has 0 N–H and O–H groups in total. The van der Waals surface area contributed by atoms with E-state index in [2.05, 4.69) is 20.8 Å². The monoisotopic (exact) mass is 325 g/mol. The largest absolute Gasteiger partial charge is 0.495 e. The third-order valence-corrected chi connectivity index (χ3v) is 6.45. The minimum atomic E-state index is -3.49. The number of hydrogen-bond donors (Lipinski definition) is 0. The molecule has 0 bridgehead atoms. The molecule has 0 aliphatic carbocycles. The van der Waals surface area contributed by atoms with Crippen molar-refractivity contribution in [1.82, 2.24) is 4.31 Å². The van der Waals surface area contributed by atoms with Gasteiger partial charge in [-0.05, 0) is 54.9 Å². The first-order chi connectivity index (χ1) is 10.3. The molecule has 0 radical (unpaired) electrons. The summed E-state index contributed by atoms with van der Waals surface area (Å²) in [5.74, 6) is 1.32. The van der Waals surface area contributed by atoms with Crippen LogP contribution in [0.1, 0.15) is 50.7 Å². The third-order valence-electron chi connectivity index (χ3n) is 4.53. The van der Waals surface area contributed by atoms with Crippen molar-refractivity contribution in [3.05, 3.63) is 23.3 Å². The SMILES string of the molecule is COc1cc(C)c(C(C)C)cc1S(=O)(=O)N1CCC(C)CC1. The van der Waals surface area contributed by atoms with E-state index in [9.17, 15) is 8.42 Å². The number of benzene rings is 1. The molecule has 4 nitrogen and oxygen atoms in total. The molecule has 0 atom stereocenters. The van der Waals surface area contributed by atoms with Gasteiger partial charge < -0.3 is 4.74 Å². The van der Waals surface area contributed by atoms with Crippen LogP contribution >= 0.6 is 0 Å². The number of aryl methyl sites for hydroxylation is 1. The summed E-state index contributed by atoms with van der Waals surface area (Å²) in [5.41, 5.74) is 2.13. The second kappa shape index (κ2) is 6.59. The van der Waals surface area contributed by atoms with Crippen LogP contribution in [0.15, 0.2) is 17.0 Å². The highest BCUT2D eigenvalue weighted by Crippen LogP contribution is 2.34. The Morgan fingerprint density at radius 3 is 2.32 bits per heavy atom. The van der Waals surface area contributed by atoms with Crippen LogP contribution in [0.3, 0.4) is 0 Å². The lowest BCUT2D eigenvalue weighted by Gasteiger charge is -2.30. The number of ether oxygens (including phenoxy) is 1. The first kappa shape index (κ1) is 17.3.